The fourth-order valence-electron chi connectivity index (χ4n) is 2.36. The van der Waals surface area contributed by atoms with Gasteiger partial charge in [0.2, 0.25) is 0 Å². The van der Waals surface area contributed by atoms with Crippen molar-refractivity contribution in [2.24, 2.45) is 0 Å². The Morgan fingerprint density at radius 1 is 1.29 bits per heavy atom. The zero-order valence-corrected chi connectivity index (χ0v) is 10.8. The molecule has 0 bridgehead atoms. The molecule has 3 nitrogen and oxygen atoms in total. The third-order valence-electron chi connectivity index (χ3n) is 3.43. The highest BCUT2D eigenvalue weighted by Gasteiger charge is 2.18. The van der Waals surface area contributed by atoms with E-state index in [9.17, 15) is 0 Å². The summed E-state index contributed by atoms with van der Waals surface area (Å²) in [4.78, 5) is 2.70. The summed E-state index contributed by atoms with van der Waals surface area (Å²) < 4.78 is 5.33. The van der Waals surface area contributed by atoms with E-state index in [1.807, 2.05) is 18.3 Å². The molecular formula is C13H16N2OS. The first kappa shape index (κ1) is 10.8. The second-order valence-corrected chi connectivity index (χ2v) is 5.78. The van der Waals surface area contributed by atoms with Crippen molar-refractivity contribution in [1.82, 2.24) is 5.16 Å². The summed E-state index contributed by atoms with van der Waals surface area (Å²) in [6.07, 6.45) is 6.38. The van der Waals surface area contributed by atoms with Crippen molar-refractivity contribution in [2.45, 2.75) is 39.0 Å². The van der Waals surface area contributed by atoms with Crippen molar-refractivity contribution >= 4 is 17.2 Å². The van der Waals surface area contributed by atoms with E-state index in [0.717, 1.165) is 11.3 Å². The molecule has 2 heterocycles. The van der Waals surface area contributed by atoms with E-state index in [2.05, 4.69) is 11.2 Å². The molecule has 17 heavy (non-hydrogen) atoms. The van der Waals surface area contributed by atoms with Crippen molar-refractivity contribution in [2.75, 3.05) is 5.73 Å². The molecule has 0 aromatic carbocycles. The minimum absolute atomic E-state index is 0.503. The summed E-state index contributed by atoms with van der Waals surface area (Å²) in [6.45, 7) is 1.96. The number of hydrogen-bond donors (Lipinski definition) is 1. The topological polar surface area (TPSA) is 52.0 Å². The summed E-state index contributed by atoms with van der Waals surface area (Å²) >= 11 is 1.84. The van der Waals surface area contributed by atoms with Gasteiger partial charge in [-0.15, -0.1) is 11.3 Å². The Kier molecular flexibility index (Phi) is 2.67. The van der Waals surface area contributed by atoms with Gasteiger partial charge in [-0.3, -0.25) is 0 Å². The maximum atomic E-state index is 5.72. The van der Waals surface area contributed by atoms with Gasteiger partial charge >= 0.3 is 0 Å². The molecule has 2 aromatic heterocycles. The van der Waals surface area contributed by atoms with Gasteiger partial charge in [-0.1, -0.05) is 11.6 Å². The Bertz CT molecular complexity index is 518. The predicted molar refractivity (Wildman–Crippen MR) is 70.2 cm³/mol. The molecule has 0 atom stereocenters. The molecule has 3 rings (SSSR count). The molecular weight excluding hydrogens is 232 g/mol. The summed E-state index contributed by atoms with van der Waals surface area (Å²) in [5, 5.41) is 3.83. The van der Waals surface area contributed by atoms with Crippen LogP contribution < -0.4 is 5.73 Å². The van der Waals surface area contributed by atoms with Crippen LogP contribution in [-0.4, -0.2) is 5.16 Å². The maximum Gasteiger partial charge on any atom is 0.181 e. The van der Waals surface area contributed by atoms with Gasteiger partial charge in [-0.2, -0.15) is 0 Å². The second kappa shape index (κ2) is 4.18. The van der Waals surface area contributed by atoms with Crippen molar-refractivity contribution in [3.05, 3.63) is 22.1 Å². The van der Waals surface area contributed by atoms with Crippen molar-refractivity contribution in [1.29, 1.82) is 0 Å². The van der Waals surface area contributed by atoms with Crippen LogP contribution in [0.3, 0.4) is 0 Å². The van der Waals surface area contributed by atoms with Gasteiger partial charge in [0.1, 0.15) is 0 Å². The smallest absolute Gasteiger partial charge is 0.181 e. The number of hydrogen-bond acceptors (Lipinski definition) is 4. The molecule has 1 aliphatic carbocycles. The number of nitrogens with zero attached hydrogens (tertiary/aromatic N) is 1. The molecule has 1 aliphatic rings. The second-order valence-electron chi connectivity index (χ2n) is 4.64. The molecule has 0 amide bonds. The highest BCUT2D eigenvalue weighted by atomic mass is 32.1. The SMILES string of the molecule is Cc1c(N)noc1-c1cc2c(s1)CCCCC2. The van der Waals surface area contributed by atoms with E-state index in [0.29, 0.717) is 5.82 Å². The van der Waals surface area contributed by atoms with Crippen molar-refractivity contribution in [3.8, 4) is 10.6 Å². The molecule has 0 spiro atoms. The van der Waals surface area contributed by atoms with Crippen LogP contribution in [0.2, 0.25) is 0 Å². The minimum Gasteiger partial charge on any atom is -0.381 e. The first-order valence-electron chi connectivity index (χ1n) is 6.09. The molecule has 0 saturated heterocycles. The zero-order chi connectivity index (χ0) is 11.8. The van der Waals surface area contributed by atoms with Gasteiger partial charge in [-0.05, 0) is 44.2 Å². The molecule has 4 heteroatoms. The molecule has 2 N–H and O–H groups in total. The van der Waals surface area contributed by atoms with Crippen LogP contribution in [0, 0.1) is 6.92 Å². The Hall–Kier alpha value is -1.29. The maximum absolute atomic E-state index is 5.72. The van der Waals surface area contributed by atoms with E-state index >= 15 is 0 Å². The predicted octanol–water partition coefficient (Wildman–Crippen LogP) is 3.56. The Morgan fingerprint density at radius 3 is 2.88 bits per heavy atom. The molecule has 0 saturated carbocycles. The molecule has 0 aliphatic heterocycles. The molecule has 0 fully saturated rings. The fraction of sp³-hybridized carbons (Fsp3) is 0.462. The standard InChI is InChI=1S/C13H16N2OS/c1-8-12(16-15-13(8)14)11-7-9-5-3-2-4-6-10(9)17-11/h7H,2-6H2,1H3,(H2,14,15). The molecule has 2 aromatic rings. The van der Waals surface area contributed by atoms with Crippen molar-refractivity contribution in [3.63, 3.8) is 0 Å². The Morgan fingerprint density at radius 2 is 2.12 bits per heavy atom. The van der Waals surface area contributed by atoms with Crippen LogP contribution in [0.25, 0.3) is 10.6 Å². The monoisotopic (exact) mass is 248 g/mol. The van der Waals surface area contributed by atoms with Gasteiger partial charge in [0.15, 0.2) is 11.6 Å². The quantitative estimate of drug-likeness (QED) is 0.785. The molecule has 0 unspecified atom stereocenters. The van der Waals surface area contributed by atoms with Crippen LogP contribution in [-0.2, 0) is 12.8 Å². The lowest BCUT2D eigenvalue weighted by Crippen LogP contribution is -1.85. The number of nitrogen functional groups attached to an aromatic ring is 1. The third-order valence-corrected chi connectivity index (χ3v) is 4.67. The molecule has 0 radical (unpaired) electrons. The normalized spacial score (nSPS) is 15.6. The lowest BCUT2D eigenvalue weighted by atomic mass is 10.1. The summed E-state index contributed by atoms with van der Waals surface area (Å²) in [6, 6.07) is 2.26. The lowest BCUT2D eigenvalue weighted by Gasteiger charge is -1.93. The summed E-state index contributed by atoms with van der Waals surface area (Å²) in [5.41, 5.74) is 8.18. The van der Waals surface area contributed by atoms with Crippen LogP contribution >= 0.6 is 11.3 Å². The summed E-state index contributed by atoms with van der Waals surface area (Å²) in [7, 11) is 0. The highest BCUT2D eigenvalue weighted by molar-refractivity contribution is 7.15. The Labute approximate surface area is 105 Å². The Balaban J connectivity index is 2.02. The fourth-order valence-corrected chi connectivity index (χ4v) is 3.65. The van der Waals surface area contributed by atoms with Gasteiger partial charge in [-0.25, -0.2) is 0 Å². The number of fused-ring (bicyclic) bond motifs is 1. The van der Waals surface area contributed by atoms with E-state index in [1.54, 1.807) is 0 Å². The zero-order valence-electron chi connectivity index (χ0n) is 9.95. The van der Waals surface area contributed by atoms with E-state index < -0.39 is 0 Å². The number of rotatable bonds is 1. The van der Waals surface area contributed by atoms with E-state index in [-0.39, 0.29) is 0 Å². The first-order chi connectivity index (χ1) is 8.25. The van der Waals surface area contributed by atoms with E-state index in [4.69, 9.17) is 10.3 Å². The van der Waals surface area contributed by atoms with Crippen molar-refractivity contribution < 1.29 is 4.52 Å². The van der Waals surface area contributed by atoms with Gasteiger partial charge in [0, 0.05) is 10.4 Å². The van der Waals surface area contributed by atoms with E-state index in [1.165, 1.54) is 47.4 Å². The highest BCUT2D eigenvalue weighted by Crippen LogP contribution is 2.37. The van der Waals surface area contributed by atoms with Crippen LogP contribution in [0.5, 0.6) is 0 Å². The largest absolute Gasteiger partial charge is 0.381 e. The number of aryl methyl sites for hydroxylation is 2. The van der Waals surface area contributed by atoms with Crippen LogP contribution in [0.15, 0.2) is 10.6 Å². The number of anilines is 1. The average Bonchev–Trinajstić information content (AvgIpc) is 2.78. The minimum atomic E-state index is 0.503. The van der Waals surface area contributed by atoms with Crippen LogP contribution in [0.1, 0.15) is 35.3 Å². The first-order valence-corrected chi connectivity index (χ1v) is 6.91. The number of aromatic nitrogens is 1. The number of thiophene rings is 1. The molecule has 90 valence electrons. The number of nitrogens with two attached hydrogens (primary N) is 1. The third kappa shape index (κ3) is 1.86. The average molecular weight is 248 g/mol. The van der Waals surface area contributed by atoms with Crippen LogP contribution in [0.4, 0.5) is 5.82 Å². The van der Waals surface area contributed by atoms with Gasteiger partial charge < -0.3 is 10.3 Å². The van der Waals surface area contributed by atoms with Gasteiger partial charge in [0.05, 0.1) is 4.88 Å². The van der Waals surface area contributed by atoms with Gasteiger partial charge in [0.25, 0.3) is 0 Å². The summed E-state index contributed by atoms with van der Waals surface area (Å²) in [5.74, 6) is 1.35. The lowest BCUT2D eigenvalue weighted by molar-refractivity contribution is 0.436.